The molecule has 4 fully saturated rings. The topological polar surface area (TPSA) is 57.7 Å². The average Bonchev–Trinajstić information content (AvgIpc) is 3.56. The number of ether oxygens (including phenoxy) is 1. The maximum atomic E-state index is 13.3. The van der Waals surface area contributed by atoms with Gasteiger partial charge in [-0.25, -0.2) is 0 Å². The number of carbonyl (C=O) groups is 1. The SMILES string of the molecule is O=C(NC[C@@H]1CCC2(CCN(Cc3cccnc3)CC2)O1)C1(N2CCCC2)CCCC1. The first-order chi connectivity index (χ1) is 15.2. The molecule has 6 heteroatoms. The van der Waals surface area contributed by atoms with Crippen molar-refractivity contribution in [2.75, 3.05) is 32.7 Å². The molecule has 3 saturated heterocycles. The lowest BCUT2D eigenvalue weighted by Crippen LogP contribution is -2.57. The highest BCUT2D eigenvalue weighted by atomic mass is 16.5. The third-order valence-electron chi connectivity index (χ3n) is 8.29. The summed E-state index contributed by atoms with van der Waals surface area (Å²) in [5, 5.41) is 3.32. The Morgan fingerprint density at radius 3 is 2.55 bits per heavy atom. The Kier molecular flexibility index (Phi) is 6.31. The van der Waals surface area contributed by atoms with Gasteiger partial charge in [-0.1, -0.05) is 18.9 Å². The fraction of sp³-hybridized carbons (Fsp3) is 0.760. The number of hydrogen-bond donors (Lipinski definition) is 1. The summed E-state index contributed by atoms with van der Waals surface area (Å²) in [7, 11) is 0. The highest BCUT2D eigenvalue weighted by Crippen LogP contribution is 2.40. The summed E-state index contributed by atoms with van der Waals surface area (Å²) >= 11 is 0. The Balaban J connectivity index is 1.10. The summed E-state index contributed by atoms with van der Waals surface area (Å²) < 4.78 is 6.59. The monoisotopic (exact) mass is 426 g/mol. The highest BCUT2D eigenvalue weighted by molar-refractivity contribution is 5.86. The zero-order valence-electron chi connectivity index (χ0n) is 18.9. The zero-order chi connectivity index (χ0) is 21.2. The van der Waals surface area contributed by atoms with Crippen LogP contribution in [0.15, 0.2) is 24.5 Å². The van der Waals surface area contributed by atoms with Crippen LogP contribution >= 0.6 is 0 Å². The van der Waals surface area contributed by atoms with Crippen LogP contribution in [-0.4, -0.2) is 70.7 Å². The van der Waals surface area contributed by atoms with Crippen LogP contribution in [-0.2, 0) is 16.1 Å². The quantitative estimate of drug-likeness (QED) is 0.757. The summed E-state index contributed by atoms with van der Waals surface area (Å²) in [6.07, 6.45) is 15.3. The molecule has 1 spiro atoms. The lowest BCUT2D eigenvalue weighted by Gasteiger charge is -2.39. The van der Waals surface area contributed by atoms with E-state index in [0.717, 1.165) is 71.2 Å². The number of amides is 1. The number of nitrogens with zero attached hydrogens (tertiary/aromatic N) is 3. The van der Waals surface area contributed by atoms with Gasteiger partial charge in [-0.15, -0.1) is 0 Å². The van der Waals surface area contributed by atoms with E-state index >= 15 is 0 Å². The van der Waals surface area contributed by atoms with E-state index < -0.39 is 0 Å². The number of rotatable bonds is 6. The second-order valence-electron chi connectivity index (χ2n) is 10.2. The van der Waals surface area contributed by atoms with Crippen LogP contribution in [0.3, 0.4) is 0 Å². The molecular formula is C25H38N4O2. The van der Waals surface area contributed by atoms with Crippen LogP contribution in [0.4, 0.5) is 0 Å². The molecule has 1 atom stereocenters. The molecule has 5 rings (SSSR count). The molecule has 4 aliphatic rings. The maximum absolute atomic E-state index is 13.3. The van der Waals surface area contributed by atoms with E-state index in [4.69, 9.17) is 4.74 Å². The van der Waals surface area contributed by atoms with Crippen molar-refractivity contribution in [3.05, 3.63) is 30.1 Å². The van der Waals surface area contributed by atoms with Gasteiger partial charge >= 0.3 is 0 Å². The number of piperidine rings is 1. The van der Waals surface area contributed by atoms with Gasteiger partial charge in [0.2, 0.25) is 5.91 Å². The fourth-order valence-corrected chi connectivity index (χ4v) is 6.44. The molecule has 0 aromatic carbocycles. The molecule has 1 saturated carbocycles. The van der Waals surface area contributed by atoms with Gasteiger partial charge in [-0.05, 0) is 76.1 Å². The molecule has 1 aromatic heterocycles. The number of aromatic nitrogens is 1. The van der Waals surface area contributed by atoms with Gasteiger partial charge in [0.05, 0.1) is 11.7 Å². The Morgan fingerprint density at radius 1 is 1.06 bits per heavy atom. The first kappa shape index (κ1) is 21.4. The van der Waals surface area contributed by atoms with Gasteiger partial charge in [-0.2, -0.15) is 0 Å². The zero-order valence-corrected chi connectivity index (χ0v) is 18.9. The minimum atomic E-state index is -0.232. The summed E-state index contributed by atoms with van der Waals surface area (Å²) in [4.78, 5) is 22.5. The summed E-state index contributed by atoms with van der Waals surface area (Å²) in [6.45, 7) is 5.98. The standard InChI is InChI=1S/C25H38N4O2/c30-23(25(8-1-2-9-25)29-14-3-4-15-29)27-19-22-7-10-24(31-22)11-16-28(17-12-24)20-21-6-5-13-26-18-21/h5-6,13,18,22H,1-4,7-12,14-17,19-20H2,(H,27,30)/t22-/m0/s1. The third kappa shape index (κ3) is 4.53. The Hall–Kier alpha value is -1.50. The van der Waals surface area contributed by atoms with E-state index in [2.05, 4.69) is 26.2 Å². The maximum Gasteiger partial charge on any atom is 0.240 e. The predicted molar refractivity (Wildman–Crippen MR) is 121 cm³/mol. The Morgan fingerprint density at radius 2 is 1.84 bits per heavy atom. The van der Waals surface area contributed by atoms with Gasteiger partial charge in [0, 0.05) is 38.6 Å². The molecule has 1 N–H and O–H groups in total. The van der Waals surface area contributed by atoms with Crippen LogP contribution in [0.5, 0.6) is 0 Å². The van der Waals surface area contributed by atoms with Crippen LogP contribution in [0.1, 0.15) is 69.8 Å². The van der Waals surface area contributed by atoms with Crippen molar-refractivity contribution in [1.82, 2.24) is 20.1 Å². The molecule has 3 aliphatic heterocycles. The summed E-state index contributed by atoms with van der Waals surface area (Å²) in [6, 6.07) is 4.17. The van der Waals surface area contributed by atoms with E-state index in [-0.39, 0.29) is 23.2 Å². The molecule has 1 aromatic rings. The van der Waals surface area contributed by atoms with Crippen molar-refractivity contribution in [2.24, 2.45) is 0 Å². The Labute approximate surface area is 186 Å². The van der Waals surface area contributed by atoms with Crippen molar-refractivity contribution in [3.8, 4) is 0 Å². The van der Waals surface area contributed by atoms with E-state index in [1.54, 1.807) is 0 Å². The molecule has 6 nitrogen and oxygen atoms in total. The molecule has 1 aliphatic carbocycles. The average molecular weight is 427 g/mol. The molecule has 0 radical (unpaired) electrons. The molecule has 170 valence electrons. The minimum Gasteiger partial charge on any atom is -0.370 e. The molecule has 0 unspecified atom stereocenters. The summed E-state index contributed by atoms with van der Waals surface area (Å²) in [5.41, 5.74) is 1.08. The molecular weight excluding hydrogens is 388 g/mol. The van der Waals surface area contributed by atoms with Crippen LogP contribution in [0, 0.1) is 0 Å². The second kappa shape index (κ2) is 9.16. The van der Waals surface area contributed by atoms with Gasteiger partial charge in [-0.3, -0.25) is 19.6 Å². The van der Waals surface area contributed by atoms with Crippen molar-refractivity contribution in [3.63, 3.8) is 0 Å². The molecule has 31 heavy (non-hydrogen) atoms. The number of likely N-dealkylation sites (tertiary alicyclic amines) is 2. The number of hydrogen-bond acceptors (Lipinski definition) is 5. The van der Waals surface area contributed by atoms with E-state index in [1.807, 2.05) is 18.5 Å². The van der Waals surface area contributed by atoms with Crippen LogP contribution in [0.25, 0.3) is 0 Å². The van der Waals surface area contributed by atoms with Gasteiger partial charge in [0.15, 0.2) is 0 Å². The van der Waals surface area contributed by atoms with Crippen molar-refractivity contribution >= 4 is 5.91 Å². The van der Waals surface area contributed by atoms with E-state index in [1.165, 1.54) is 31.2 Å². The number of carbonyl (C=O) groups excluding carboxylic acids is 1. The largest absolute Gasteiger partial charge is 0.370 e. The van der Waals surface area contributed by atoms with Crippen LogP contribution < -0.4 is 5.32 Å². The summed E-state index contributed by atoms with van der Waals surface area (Å²) in [5.74, 6) is 0.266. The van der Waals surface area contributed by atoms with Crippen molar-refractivity contribution in [2.45, 2.75) is 88.0 Å². The lowest BCUT2D eigenvalue weighted by atomic mass is 9.88. The molecule has 4 heterocycles. The second-order valence-corrected chi connectivity index (χ2v) is 10.2. The smallest absolute Gasteiger partial charge is 0.240 e. The van der Waals surface area contributed by atoms with E-state index in [9.17, 15) is 4.79 Å². The lowest BCUT2D eigenvalue weighted by molar-refractivity contribution is -0.134. The normalized spacial score (nSPS) is 28.3. The molecule has 0 bridgehead atoms. The number of pyridine rings is 1. The van der Waals surface area contributed by atoms with Gasteiger partial charge in [0.1, 0.15) is 5.54 Å². The highest BCUT2D eigenvalue weighted by Gasteiger charge is 2.47. The van der Waals surface area contributed by atoms with Gasteiger partial charge in [0.25, 0.3) is 0 Å². The Bertz CT molecular complexity index is 735. The van der Waals surface area contributed by atoms with Crippen molar-refractivity contribution in [1.29, 1.82) is 0 Å². The molecule has 1 amide bonds. The van der Waals surface area contributed by atoms with Crippen molar-refractivity contribution < 1.29 is 9.53 Å². The van der Waals surface area contributed by atoms with Crippen LogP contribution in [0.2, 0.25) is 0 Å². The van der Waals surface area contributed by atoms with E-state index in [0.29, 0.717) is 6.54 Å². The fourth-order valence-electron chi connectivity index (χ4n) is 6.44. The first-order valence-corrected chi connectivity index (χ1v) is 12.5. The minimum absolute atomic E-state index is 0.0286. The predicted octanol–water partition coefficient (Wildman–Crippen LogP) is 3.12. The third-order valence-corrected chi connectivity index (χ3v) is 8.29. The van der Waals surface area contributed by atoms with Gasteiger partial charge < -0.3 is 10.1 Å². The number of nitrogens with one attached hydrogen (secondary N) is 1. The first-order valence-electron chi connectivity index (χ1n) is 12.5.